The van der Waals surface area contributed by atoms with E-state index in [1.165, 1.54) is 0 Å². The fraction of sp³-hybridized carbons (Fsp3) is 0.562. The largest absolute Gasteiger partial charge is 0.496 e. The number of methoxy groups -OCH3 is 1. The monoisotopic (exact) mass is 279 g/mol. The third kappa shape index (κ3) is 3.51. The maximum absolute atomic E-state index is 11.4. The summed E-state index contributed by atoms with van der Waals surface area (Å²) in [6.07, 6.45) is 0.758. The number of rotatable bonds is 7. The van der Waals surface area contributed by atoms with Crippen LogP contribution in [-0.4, -0.2) is 41.2 Å². The zero-order chi connectivity index (χ0) is 15.3. The fourth-order valence-electron chi connectivity index (χ4n) is 2.68. The van der Waals surface area contributed by atoms with E-state index in [-0.39, 0.29) is 6.04 Å². The van der Waals surface area contributed by atoms with Crippen molar-refractivity contribution in [2.45, 2.75) is 45.7 Å². The van der Waals surface area contributed by atoms with Crippen molar-refractivity contribution >= 4 is 5.97 Å². The zero-order valence-electron chi connectivity index (χ0n) is 13.0. The van der Waals surface area contributed by atoms with Crippen LogP contribution in [0, 0.1) is 0 Å². The van der Waals surface area contributed by atoms with E-state index in [1.807, 2.05) is 36.1 Å². The first-order valence-electron chi connectivity index (χ1n) is 6.96. The molecule has 0 saturated carbocycles. The van der Waals surface area contributed by atoms with E-state index in [0.717, 1.165) is 17.7 Å². The minimum absolute atomic E-state index is 0.113. The number of carboxylic acids is 1. The summed E-state index contributed by atoms with van der Waals surface area (Å²) in [6, 6.07) is 7.98. The Kier molecular flexibility index (Phi) is 5.57. The molecule has 0 aromatic heterocycles. The Bertz CT molecular complexity index is 457. The number of likely N-dealkylation sites (N-methyl/N-ethyl adjacent to an activating group) is 1. The summed E-state index contributed by atoms with van der Waals surface area (Å²) in [5, 5.41) is 9.39. The Morgan fingerprint density at radius 2 is 2.00 bits per heavy atom. The molecule has 112 valence electrons. The lowest BCUT2D eigenvalue weighted by atomic mass is 9.97. The maximum atomic E-state index is 11.4. The maximum Gasteiger partial charge on any atom is 0.323 e. The first-order valence-corrected chi connectivity index (χ1v) is 6.96. The lowest BCUT2D eigenvalue weighted by Crippen LogP contribution is -2.54. The summed E-state index contributed by atoms with van der Waals surface area (Å²) in [6.45, 7) is 8.23. The van der Waals surface area contributed by atoms with Gasteiger partial charge in [0.2, 0.25) is 0 Å². The molecule has 1 atom stereocenters. The molecular formula is C16H25NO3. The highest BCUT2D eigenvalue weighted by molar-refractivity contribution is 5.77. The van der Waals surface area contributed by atoms with Crippen molar-refractivity contribution in [2.24, 2.45) is 0 Å². The minimum atomic E-state index is -0.879. The first-order chi connectivity index (χ1) is 9.34. The second-order valence-corrected chi connectivity index (χ2v) is 5.52. The Morgan fingerprint density at radius 3 is 2.50 bits per heavy atom. The van der Waals surface area contributed by atoms with E-state index in [2.05, 4.69) is 6.92 Å². The van der Waals surface area contributed by atoms with Crippen molar-refractivity contribution in [2.75, 3.05) is 13.7 Å². The topological polar surface area (TPSA) is 49.8 Å². The van der Waals surface area contributed by atoms with Gasteiger partial charge in [-0.2, -0.15) is 0 Å². The molecule has 0 aliphatic rings. The molecule has 1 unspecified atom stereocenters. The number of nitrogens with zero attached hydrogens (tertiary/aromatic N) is 1. The first kappa shape index (κ1) is 16.5. The van der Waals surface area contributed by atoms with Crippen LogP contribution in [0.25, 0.3) is 0 Å². The molecule has 4 nitrogen and oxygen atoms in total. The molecule has 1 aromatic rings. The van der Waals surface area contributed by atoms with Crippen LogP contribution in [0.15, 0.2) is 24.3 Å². The molecule has 0 radical (unpaired) electrons. The van der Waals surface area contributed by atoms with Crippen LogP contribution in [0.2, 0.25) is 0 Å². The van der Waals surface area contributed by atoms with Crippen molar-refractivity contribution in [3.63, 3.8) is 0 Å². The average Bonchev–Trinajstić information content (AvgIpc) is 2.39. The number of carbonyl (C=O) groups is 1. The van der Waals surface area contributed by atoms with E-state index in [0.29, 0.717) is 6.54 Å². The van der Waals surface area contributed by atoms with Crippen LogP contribution in [0.1, 0.15) is 33.3 Å². The molecule has 0 fully saturated rings. The molecule has 0 saturated heterocycles. The SMILES string of the molecule is CCN(C(C)Cc1ccccc1OC)C(C)(C)C(=O)O. The van der Waals surface area contributed by atoms with E-state index in [4.69, 9.17) is 4.74 Å². The molecule has 0 aliphatic carbocycles. The van der Waals surface area contributed by atoms with Gasteiger partial charge < -0.3 is 9.84 Å². The van der Waals surface area contributed by atoms with Gasteiger partial charge in [0, 0.05) is 6.04 Å². The molecule has 4 heteroatoms. The average molecular weight is 279 g/mol. The molecule has 0 amide bonds. The summed E-state index contributed by atoms with van der Waals surface area (Å²) in [5.74, 6) is 0.0507. The van der Waals surface area contributed by atoms with Crippen LogP contribution in [0.5, 0.6) is 5.75 Å². The number of para-hydroxylation sites is 1. The van der Waals surface area contributed by atoms with Gasteiger partial charge in [0.15, 0.2) is 0 Å². The fourth-order valence-corrected chi connectivity index (χ4v) is 2.68. The number of ether oxygens (including phenoxy) is 1. The Balaban J connectivity index is 2.93. The van der Waals surface area contributed by atoms with Gasteiger partial charge in [-0.25, -0.2) is 0 Å². The van der Waals surface area contributed by atoms with Crippen LogP contribution >= 0.6 is 0 Å². The van der Waals surface area contributed by atoms with Gasteiger partial charge in [-0.05, 0) is 45.4 Å². The van der Waals surface area contributed by atoms with E-state index < -0.39 is 11.5 Å². The summed E-state index contributed by atoms with van der Waals surface area (Å²) >= 11 is 0. The summed E-state index contributed by atoms with van der Waals surface area (Å²) in [7, 11) is 1.66. The van der Waals surface area contributed by atoms with Crippen LogP contribution in [0.3, 0.4) is 0 Å². The van der Waals surface area contributed by atoms with Crippen LogP contribution < -0.4 is 4.74 Å². The molecule has 1 aromatic carbocycles. The summed E-state index contributed by atoms with van der Waals surface area (Å²) in [5.41, 5.74) is 0.220. The van der Waals surface area contributed by atoms with Crippen LogP contribution in [0.4, 0.5) is 0 Å². The molecule has 1 N–H and O–H groups in total. The quantitative estimate of drug-likeness (QED) is 0.834. The van der Waals surface area contributed by atoms with Crippen molar-refractivity contribution in [1.29, 1.82) is 0 Å². The van der Waals surface area contributed by atoms with Gasteiger partial charge in [0.25, 0.3) is 0 Å². The smallest absolute Gasteiger partial charge is 0.323 e. The highest BCUT2D eigenvalue weighted by Crippen LogP contribution is 2.24. The van der Waals surface area contributed by atoms with E-state index in [9.17, 15) is 9.90 Å². The van der Waals surface area contributed by atoms with Crippen molar-refractivity contribution in [1.82, 2.24) is 4.90 Å². The van der Waals surface area contributed by atoms with Gasteiger partial charge in [-0.1, -0.05) is 25.1 Å². The molecule has 0 aliphatic heterocycles. The second kappa shape index (κ2) is 6.75. The van der Waals surface area contributed by atoms with Gasteiger partial charge in [0.1, 0.15) is 11.3 Å². The third-order valence-electron chi connectivity index (χ3n) is 3.82. The van der Waals surface area contributed by atoms with Crippen molar-refractivity contribution in [3.05, 3.63) is 29.8 Å². The molecule has 0 bridgehead atoms. The highest BCUT2D eigenvalue weighted by atomic mass is 16.5. The molecule has 1 rings (SSSR count). The minimum Gasteiger partial charge on any atom is -0.496 e. The Morgan fingerprint density at radius 1 is 1.40 bits per heavy atom. The van der Waals surface area contributed by atoms with E-state index >= 15 is 0 Å². The van der Waals surface area contributed by atoms with Crippen molar-refractivity contribution < 1.29 is 14.6 Å². The normalized spacial score (nSPS) is 13.3. The van der Waals surface area contributed by atoms with Gasteiger partial charge in [-0.3, -0.25) is 9.69 Å². The molecule has 20 heavy (non-hydrogen) atoms. The highest BCUT2D eigenvalue weighted by Gasteiger charge is 2.36. The van der Waals surface area contributed by atoms with Crippen LogP contribution in [-0.2, 0) is 11.2 Å². The lowest BCUT2D eigenvalue weighted by molar-refractivity contribution is -0.150. The number of aliphatic carboxylic acids is 1. The van der Waals surface area contributed by atoms with Gasteiger partial charge >= 0.3 is 5.97 Å². The molecular weight excluding hydrogens is 254 g/mol. The van der Waals surface area contributed by atoms with Gasteiger partial charge in [0.05, 0.1) is 7.11 Å². The zero-order valence-corrected chi connectivity index (χ0v) is 13.0. The predicted octanol–water partition coefficient (Wildman–Crippen LogP) is 2.81. The number of hydrogen-bond donors (Lipinski definition) is 1. The summed E-state index contributed by atoms with van der Waals surface area (Å²) in [4.78, 5) is 13.4. The van der Waals surface area contributed by atoms with Crippen molar-refractivity contribution in [3.8, 4) is 5.75 Å². The third-order valence-corrected chi connectivity index (χ3v) is 3.82. The van der Waals surface area contributed by atoms with Gasteiger partial charge in [-0.15, -0.1) is 0 Å². The molecule has 0 spiro atoms. The summed E-state index contributed by atoms with van der Waals surface area (Å²) < 4.78 is 5.36. The molecule has 0 heterocycles. The number of benzene rings is 1. The lowest BCUT2D eigenvalue weighted by Gasteiger charge is -2.39. The second-order valence-electron chi connectivity index (χ2n) is 5.52. The number of carboxylic acid groups (broad SMARTS) is 1. The van der Waals surface area contributed by atoms with E-state index in [1.54, 1.807) is 21.0 Å². The Labute approximate surface area is 121 Å². The standard InChI is InChI=1S/C16H25NO3/c1-6-17(16(3,4)15(18)19)12(2)11-13-9-7-8-10-14(13)20-5/h7-10,12H,6,11H2,1-5H3,(H,18,19). The predicted molar refractivity (Wildman–Crippen MR) is 80.3 cm³/mol. The number of hydrogen-bond acceptors (Lipinski definition) is 3. The Hall–Kier alpha value is -1.55.